The summed E-state index contributed by atoms with van der Waals surface area (Å²) in [5.74, 6) is 0.572. The van der Waals surface area contributed by atoms with Gasteiger partial charge in [0.2, 0.25) is 5.91 Å². The molecule has 0 aromatic carbocycles. The van der Waals surface area contributed by atoms with E-state index in [4.69, 9.17) is 4.74 Å². The van der Waals surface area contributed by atoms with Crippen LogP contribution in [0.25, 0.3) is 0 Å². The van der Waals surface area contributed by atoms with E-state index in [2.05, 4.69) is 17.3 Å². The first-order chi connectivity index (χ1) is 8.13. The highest BCUT2D eigenvalue weighted by Gasteiger charge is 2.25. The first-order valence-corrected chi connectivity index (χ1v) is 6.37. The Morgan fingerprint density at radius 3 is 3.00 bits per heavy atom. The van der Waals surface area contributed by atoms with Gasteiger partial charge >= 0.3 is 0 Å². The predicted octanol–water partition coefficient (Wildman–Crippen LogP) is -0.406. The number of rotatable bonds is 3. The Bertz CT molecular complexity index is 272. The summed E-state index contributed by atoms with van der Waals surface area (Å²) in [4.78, 5) is 14.1. The zero-order chi connectivity index (χ0) is 12.3. The van der Waals surface area contributed by atoms with Crippen molar-refractivity contribution in [1.29, 1.82) is 0 Å². The van der Waals surface area contributed by atoms with Gasteiger partial charge < -0.3 is 20.1 Å². The van der Waals surface area contributed by atoms with Gasteiger partial charge in [-0.15, -0.1) is 0 Å². The highest BCUT2D eigenvalue weighted by Crippen LogP contribution is 2.18. The Hall–Kier alpha value is -0.650. The van der Waals surface area contributed by atoms with Gasteiger partial charge in [0.05, 0.1) is 25.4 Å². The maximum atomic E-state index is 11.8. The average Bonchev–Trinajstić information content (AvgIpc) is 2.63. The van der Waals surface area contributed by atoms with Crippen LogP contribution in [0.5, 0.6) is 0 Å². The molecule has 2 fully saturated rings. The molecule has 0 saturated carbocycles. The summed E-state index contributed by atoms with van der Waals surface area (Å²) < 4.78 is 5.21. The van der Waals surface area contributed by atoms with Crippen LogP contribution in [-0.4, -0.2) is 61.4 Å². The Morgan fingerprint density at radius 2 is 2.35 bits per heavy atom. The maximum Gasteiger partial charge on any atom is 0.220 e. The molecule has 2 rings (SSSR count). The van der Waals surface area contributed by atoms with E-state index in [-0.39, 0.29) is 11.9 Å². The molecule has 5 nitrogen and oxygen atoms in total. The molecule has 2 N–H and O–H groups in total. The van der Waals surface area contributed by atoms with E-state index in [1.54, 1.807) is 0 Å². The zero-order valence-electron chi connectivity index (χ0n) is 10.4. The van der Waals surface area contributed by atoms with Gasteiger partial charge in [-0.2, -0.15) is 0 Å². The number of likely N-dealkylation sites (tertiary alicyclic amines) is 1. The molecule has 0 aliphatic carbocycles. The third-order valence-corrected chi connectivity index (χ3v) is 3.51. The van der Waals surface area contributed by atoms with Crippen LogP contribution in [-0.2, 0) is 9.53 Å². The minimum atomic E-state index is -0.438. The standard InChI is InChI=1S/C12H22N2O3/c1-14-3-2-9(6-14)4-12(16)13-10-5-11(15)8-17-7-10/h9-11,15H,2-8H2,1H3,(H,13,16). The van der Waals surface area contributed by atoms with Crippen molar-refractivity contribution in [3.63, 3.8) is 0 Å². The lowest BCUT2D eigenvalue weighted by molar-refractivity contribution is -0.124. The largest absolute Gasteiger partial charge is 0.391 e. The van der Waals surface area contributed by atoms with E-state index in [0.29, 0.717) is 32.0 Å². The van der Waals surface area contributed by atoms with Gasteiger partial charge in [0, 0.05) is 13.0 Å². The summed E-state index contributed by atoms with van der Waals surface area (Å²) in [6, 6.07) is -0.0228. The van der Waals surface area contributed by atoms with Crippen LogP contribution in [0.4, 0.5) is 0 Å². The molecular formula is C12H22N2O3. The second kappa shape index (κ2) is 5.80. The van der Waals surface area contributed by atoms with Crippen LogP contribution in [0.3, 0.4) is 0 Å². The monoisotopic (exact) mass is 242 g/mol. The molecule has 5 heteroatoms. The number of amides is 1. The van der Waals surface area contributed by atoms with Crippen molar-refractivity contribution in [3.8, 4) is 0 Å². The molecule has 2 aliphatic heterocycles. The zero-order valence-corrected chi connectivity index (χ0v) is 10.4. The molecule has 0 aromatic heterocycles. The molecule has 3 atom stereocenters. The van der Waals surface area contributed by atoms with E-state index in [9.17, 15) is 9.90 Å². The molecule has 2 aliphatic rings. The van der Waals surface area contributed by atoms with Crippen molar-refractivity contribution in [1.82, 2.24) is 10.2 Å². The molecular weight excluding hydrogens is 220 g/mol. The fourth-order valence-electron chi connectivity index (χ4n) is 2.65. The normalized spacial score (nSPS) is 34.8. The van der Waals surface area contributed by atoms with Gasteiger partial charge in [0.1, 0.15) is 0 Å². The highest BCUT2D eigenvalue weighted by molar-refractivity contribution is 5.76. The lowest BCUT2D eigenvalue weighted by Gasteiger charge is -2.27. The third-order valence-electron chi connectivity index (χ3n) is 3.51. The summed E-state index contributed by atoms with van der Waals surface area (Å²) in [5.41, 5.74) is 0. The van der Waals surface area contributed by atoms with Crippen molar-refractivity contribution in [2.45, 2.75) is 31.4 Å². The van der Waals surface area contributed by atoms with Gasteiger partial charge in [-0.25, -0.2) is 0 Å². The molecule has 0 radical (unpaired) electrons. The SMILES string of the molecule is CN1CCC(CC(=O)NC2COCC(O)C2)C1. The van der Waals surface area contributed by atoms with Crippen molar-refractivity contribution in [2.75, 3.05) is 33.4 Å². The predicted molar refractivity (Wildman–Crippen MR) is 63.6 cm³/mol. The summed E-state index contributed by atoms with van der Waals surface area (Å²) >= 11 is 0. The van der Waals surface area contributed by atoms with Crippen molar-refractivity contribution in [3.05, 3.63) is 0 Å². The number of carbonyl (C=O) groups is 1. The average molecular weight is 242 g/mol. The highest BCUT2D eigenvalue weighted by atomic mass is 16.5. The molecule has 98 valence electrons. The van der Waals surface area contributed by atoms with Gasteiger partial charge in [-0.05, 0) is 32.4 Å². The van der Waals surface area contributed by atoms with Gasteiger partial charge in [0.25, 0.3) is 0 Å². The fourth-order valence-corrected chi connectivity index (χ4v) is 2.65. The molecule has 2 saturated heterocycles. The first-order valence-electron chi connectivity index (χ1n) is 6.37. The van der Waals surface area contributed by atoms with Crippen LogP contribution in [0.2, 0.25) is 0 Å². The van der Waals surface area contributed by atoms with Crippen LogP contribution < -0.4 is 5.32 Å². The molecule has 3 unspecified atom stereocenters. The van der Waals surface area contributed by atoms with E-state index in [0.717, 1.165) is 19.5 Å². The third kappa shape index (κ3) is 3.94. The molecule has 2 heterocycles. The van der Waals surface area contributed by atoms with E-state index < -0.39 is 6.10 Å². The van der Waals surface area contributed by atoms with Crippen molar-refractivity contribution < 1.29 is 14.6 Å². The van der Waals surface area contributed by atoms with E-state index in [1.807, 2.05) is 0 Å². The topological polar surface area (TPSA) is 61.8 Å². The minimum Gasteiger partial charge on any atom is -0.391 e. The Labute approximate surface area is 102 Å². The Kier molecular flexibility index (Phi) is 4.36. The molecule has 0 bridgehead atoms. The Morgan fingerprint density at radius 1 is 1.53 bits per heavy atom. The van der Waals surface area contributed by atoms with Crippen LogP contribution >= 0.6 is 0 Å². The summed E-state index contributed by atoms with van der Waals surface area (Å²) in [6.07, 6.45) is 1.87. The maximum absolute atomic E-state index is 11.8. The van der Waals surface area contributed by atoms with Crippen molar-refractivity contribution in [2.24, 2.45) is 5.92 Å². The number of nitrogens with zero attached hydrogens (tertiary/aromatic N) is 1. The van der Waals surface area contributed by atoms with Crippen LogP contribution in [0, 0.1) is 5.92 Å². The molecule has 0 spiro atoms. The second-order valence-electron chi connectivity index (χ2n) is 5.31. The van der Waals surface area contributed by atoms with E-state index in [1.165, 1.54) is 0 Å². The molecule has 17 heavy (non-hydrogen) atoms. The number of aliphatic hydroxyl groups is 1. The van der Waals surface area contributed by atoms with Crippen LogP contribution in [0.1, 0.15) is 19.3 Å². The molecule has 1 amide bonds. The first kappa shape index (κ1) is 12.8. The lowest BCUT2D eigenvalue weighted by atomic mass is 10.0. The second-order valence-corrected chi connectivity index (χ2v) is 5.31. The fraction of sp³-hybridized carbons (Fsp3) is 0.917. The summed E-state index contributed by atoms with van der Waals surface area (Å²) in [7, 11) is 2.09. The van der Waals surface area contributed by atoms with E-state index >= 15 is 0 Å². The van der Waals surface area contributed by atoms with Crippen LogP contribution in [0.15, 0.2) is 0 Å². The van der Waals surface area contributed by atoms with Gasteiger partial charge in [-0.1, -0.05) is 0 Å². The number of carbonyl (C=O) groups excluding carboxylic acids is 1. The number of ether oxygens (including phenoxy) is 1. The molecule has 0 aromatic rings. The summed E-state index contributed by atoms with van der Waals surface area (Å²) in [6.45, 7) is 3.01. The smallest absolute Gasteiger partial charge is 0.220 e. The number of aliphatic hydroxyl groups excluding tert-OH is 1. The number of nitrogens with one attached hydrogen (secondary N) is 1. The minimum absolute atomic E-state index is 0.0228. The van der Waals surface area contributed by atoms with Gasteiger partial charge in [0.15, 0.2) is 0 Å². The van der Waals surface area contributed by atoms with Crippen molar-refractivity contribution >= 4 is 5.91 Å². The lowest BCUT2D eigenvalue weighted by Crippen LogP contribution is -2.45. The quantitative estimate of drug-likeness (QED) is 0.706. The Balaban J connectivity index is 1.69. The summed E-state index contributed by atoms with van der Waals surface area (Å²) in [5, 5.41) is 12.4. The number of hydrogen-bond acceptors (Lipinski definition) is 4. The number of hydrogen-bond donors (Lipinski definition) is 2. The van der Waals surface area contributed by atoms with Gasteiger partial charge in [-0.3, -0.25) is 4.79 Å².